The monoisotopic (exact) mass is 817 g/mol. The van der Waals surface area contributed by atoms with Crippen LogP contribution in [0, 0.1) is 0 Å². The van der Waals surface area contributed by atoms with Crippen LogP contribution < -0.4 is 0 Å². The molecule has 0 atom stereocenters. The summed E-state index contributed by atoms with van der Waals surface area (Å²) in [5.74, 6) is 1.88. The first-order valence-electron chi connectivity index (χ1n) is 22.1. The lowest BCUT2D eigenvalue weighted by Gasteiger charge is -2.46. The average molecular weight is 818 g/mol. The van der Waals surface area contributed by atoms with Crippen molar-refractivity contribution in [3.8, 4) is 78.7 Å². The number of hydrogen-bond acceptors (Lipinski definition) is 3. The first kappa shape index (κ1) is 37.7. The van der Waals surface area contributed by atoms with Gasteiger partial charge in [-0.3, -0.25) is 0 Å². The van der Waals surface area contributed by atoms with Crippen molar-refractivity contribution >= 4 is 0 Å². The average Bonchev–Trinajstić information content (AvgIpc) is 3.66. The molecule has 10 aromatic rings. The summed E-state index contributed by atoms with van der Waals surface area (Å²) in [6, 6.07) is 80.9. The summed E-state index contributed by atoms with van der Waals surface area (Å²) < 4.78 is 0. The maximum Gasteiger partial charge on any atom is 0.164 e. The quantitative estimate of drug-likeness (QED) is 0.168. The van der Waals surface area contributed by atoms with Crippen LogP contribution in [0.1, 0.15) is 47.2 Å². The van der Waals surface area contributed by atoms with E-state index in [1.165, 1.54) is 44.5 Å². The van der Waals surface area contributed by atoms with Gasteiger partial charge >= 0.3 is 0 Å². The van der Waals surface area contributed by atoms with Gasteiger partial charge < -0.3 is 0 Å². The molecule has 1 aromatic heterocycles. The molecule has 0 radical (unpaired) electrons. The van der Waals surface area contributed by atoms with Gasteiger partial charge in [0.25, 0.3) is 0 Å². The number of fused-ring (bicyclic) bond motifs is 9. The third-order valence-electron chi connectivity index (χ3n) is 13.6. The predicted molar refractivity (Wildman–Crippen MR) is 262 cm³/mol. The second-order valence-electron chi connectivity index (χ2n) is 17.5. The smallest absolute Gasteiger partial charge is 0.164 e. The molecule has 0 aliphatic heterocycles. The number of rotatable bonds is 6. The molecule has 0 saturated heterocycles. The molecular weight excluding hydrogens is 775 g/mol. The molecule has 0 N–H and O–H groups in total. The minimum absolute atomic E-state index is 0.150. The lowest BCUT2D eigenvalue weighted by atomic mass is 9.55. The van der Waals surface area contributed by atoms with E-state index < -0.39 is 5.41 Å². The van der Waals surface area contributed by atoms with Crippen LogP contribution >= 0.6 is 0 Å². The Hall–Kier alpha value is -8.01. The molecule has 0 unspecified atom stereocenters. The SMILES string of the molecule is CC1(C)c2ccccc2C2(c3ccccc3-c3cc(-c4ccccc4-c4nc(-c5cccc(-c6ccccc6)c5)nc(-c5cccc(-c6ccccc6)c5)n4)ccc32)c2ccccc21. The van der Waals surface area contributed by atoms with Crippen LogP contribution in [-0.2, 0) is 10.8 Å². The Bertz CT molecular complexity index is 3270. The second kappa shape index (κ2) is 14.8. The third-order valence-corrected chi connectivity index (χ3v) is 13.6. The largest absolute Gasteiger partial charge is 0.208 e. The van der Waals surface area contributed by atoms with Crippen molar-refractivity contribution in [2.45, 2.75) is 24.7 Å². The Balaban J connectivity index is 1.05. The molecule has 3 heteroatoms. The Morgan fingerprint density at radius 1 is 0.250 bits per heavy atom. The summed E-state index contributed by atoms with van der Waals surface area (Å²) in [5, 5.41) is 0. The number of nitrogens with zero attached hydrogens (tertiary/aromatic N) is 3. The van der Waals surface area contributed by atoms with Crippen molar-refractivity contribution in [1.29, 1.82) is 0 Å². The Labute approximate surface area is 374 Å². The Morgan fingerprint density at radius 2 is 0.656 bits per heavy atom. The lowest BCUT2D eigenvalue weighted by molar-refractivity contribution is 0.563. The minimum atomic E-state index is -0.451. The predicted octanol–water partition coefficient (Wildman–Crippen LogP) is 14.9. The van der Waals surface area contributed by atoms with Crippen molar-refractivity contribution in [2.75, 3.05) is 0 Å². The zero-order valence-corrected chi connectivity index (χ0v) is 35.7. The van der Waals surface area contributed by atoms with Gasteiger partial charge in [0, 0.05) is 22.1 Å². The first-order valence-corrected chi connectivity index (χ1v) is 22.1. The normalized spacial score (nSPS) is 13.7. The number of hydrogen-bond donors (Lipinski definition) is 0. The van der Waals surface area contributed by atoms with Gasteiger partial charge in [-0.15, -0.1) is 0 Å². The van der Waals surface area contributed by atoms with Crippen LogP contribution in [0.25, 0.3) is 78.7 Å². The van der Waals surface area contributed by atoms with Gasteiger partial charge in [0.05, 0.1) is 5.41 Å². The summed E-state index contributed by atoms with van der Waals surface area (Å²) in [4.78, 5) is 15.9. The topological polar surface area (TPSA) is 38.7 Å². The molecule has 302 valence electrons. The van der Waals surface area contributed by atoms with Crippen molar-refractivity contribution in [3.63, 3.8) is 0 Å². The number of aromatic nitrogens is 3. The highest BCUT2D eigenvalue weighted by atomic mass is 15.0. The highest BCUT2D eigenvalue weighted by Gasteiger charge is 2.53. The van der Waals surface area contributed by atoms with Crippen LogP contribution in [0.3, 0.4) is 0 Å². The molecule has 64 heavy (non-hydrogen) atoms. The van der Waals surface area contributed by atoms with Crippen molar-refractivity contribution < 1.29 is 0 Å². The Kier molecular flexibility index (Phi) is 8.74. The lowest BCUT2D eigenvalue weighted by Crippen LogP contribution is -2.40. The fourth-order valence-electron chi connectivity index (χ4n) is 10.7. The standard InChI is InChI=1S/C61H43N3/c1-60(2)53-31-13-15-33-55(53)61(56-34-16-14-32-54(56)60)51-30-12-11-28-48(51)50-39-44(35-36-52(50)61)47-27-9-10-29-49(47)59-63-57(45-25-17-23-42(37-45)40-19-5-3-6-20-40)62-58(64-59)46-26-18-24-43(38-46)41-21-7-4-8-22-41/h3-39H,1-2H3. The maximum absolute atomic E-state index is 5.32. The van der Waals surface area contributed by atoms with Crippen LogP contribution in [0.4, 0.5) is 0 Å². The highest BCUT2D eigenvalue weighted by molar-refractivity contribution is 5.92. The molecular formula is C61H43N3. The van der Waals surface area contributed by atoms with E-state index in [0.29, 0.717) is 17.5 Å². The molecule has 2 aliphatic rings. The van der Waals surface area contributed by atoms with E-state index >= 15 is 0 Å². The molecule has 3 nitrogen and oxygen atoms in total. The zero-order chi connectivity index (χ0) is 42.8. The molecule has 1 spiro atoms. The molecule has 0 saturated carbocycles. The van der Waals surface area contributed by atoms with Gasteiger partial charge in [-0.2, -0.15) is 0 Å². The summed E-state index contributed by atoms with van der Waals surface area (Å²) in [6.45, 7) is 4.74. The Morgan fingerprint density at radius 3 is 1.22 bits per heavy atom. The van der Waals surface area contributed by atoms with E-state index in [1.54, 1.807) is 0 Å². The van der Waals surface area contributed by atoms with Gasteiger partial charge in [0.2, 0.25) is 0 Å². The molecule has 0 bridgehead atoms. The molecule has 0 fully saturated rings. The van der Waals surface area contributed by atoms with Gasteiger partial charge in [-0.05, 0) is 96.1 Å². The van der Waals surface area contributed by atoms with Crippen molar-refractivity contribution in [3.05, 3.63) is 258 Å². The fourth-order valence-corrected chi connectivity index (χ4v) is 10.7. The van der Waals surface area contributed by atoms with E-state index in [0.717, 1.165) is 50.1 Å². The van der Waals surface area contributed by atoms with E-state index in [9.17, 15) is 0 Å². The van der Waals surface area contributed by atoms with E-state index in [2.05, 4.69) is 226 Å². The molecule has 1 heterocycles. The van der Waals surface area contributed by atoms with Crippen LogP contribution in [-0.4, -0.2) is 15.0 Å². The first-order chi connectivity index (χ1) is 31.5. The van der Waals surface area contributed by atoms with Gasteiger partial charge in [-0.25, -0.2) is 15.0 Å². The second-order valence-corrected chi connectivity index (χ2v) is 17.5. The van der Waals surface area contributed by atoms with E-state index in [-0.39, 0.29) is 5.41 Å². The molecule has 2 aliphatic carbocycles. The van der Waals surface area contributed by atoms with Crippen LogP contribution in [0.2, 0.25) is 0 Å². The van der Waals surface area contributed by atoms with E-state index in [1.807, 2.05) is 12.1 Å². The van der Waals surface area contributed by atoms with Crippen molar-refractivity contribution in [1.82, 2.24) is 15.0 Å². The number of benzene rings is 9. The van der Waals surface area contributed by atoms with Gasteiger partial charge in [0.15, 0.2) is 17.5 Å². The van der Waals surface area contributed by atoms with Crippen LogP contribution in [0.5, 0.6) is 0 Å². The molecule has 9 aromatic carbocycles. The van der Waals surface area contributed by atoms with Crippen LogP contribution in [0.15, 0.2) is 224 Å². The third kappa shape index (κ3) is 5.85. The van der Waals surface area contributed by atoms with Gasteiger partial charge in [-0.1, -0.05) is 220 Å². The van der Waals surface area contributed by atoms with Crippen molar-refractivity contribution in [2.24, 2.45) is 0 Å². The maximum atomic E-state index is 5.32. The fraction of sp³-hybridized carbons (Fsp3) is 0.0656. The summed E-state index contributed by atoms with van der Waals surface area (Å²) >= 11 is 0. The molecule has 12 rings (SSSR count). The van der Waals surface area contributed by atoms with E-state index in [4.69, 9.17) is 15.0 Å². The summed E-state index contributed by atoms with van der Waals surface area (Å²) in [7, 11) is 0. The summed E-state index contributed by atoms with van der Waals surface area (Å²) in [5.41, 5.74) is 19.5. The molecule has 0 amide bonds. The summed E-state index contributed by atoms with van der Waals surface area (Å²) in [6.07, 6.45) is 0. The minimum Gasteiger partial charge on any atom is -0.208 e. The highest BCUT2D eigenvalue weighted by Crippen LogP contribution is 2.62. The zero-order valence-electron chi connectivity index (χ0n) is 35.7. The van der Waals surface area contributed by atoms with Gasteiger partial charge in [0.1, 0.15) is 0 Å².